The fourth-order valence-electron chi connectivity index (χ4n) is 3.51. The van der Waals surface area contributed by atoms with E-state index in [1.54, 1.807) is 12.1 Å². The van der Waals surface area contributed by atoms with Gasteiger partial charge in [0.2, 0.25) is 5.91 Å². The summed E-state index contributed by atoms with van der Waals surface area (Å²) in [7, 11) is 0. The Labute approximate surface area is 196 Å². The first-order valence-electron chi connectivity index (χ1n) is 10.3. The minimum Gasteiger partial charge on any atom is -0.399 e. The Hall–Kier alpha value is -2.28. The number of anilines is 1. The van der Waals surface area contributed by atoms with Gasteiger partial charge in [-0.1, -0.05) is 30.3 Å². The molecule has 6 nitrogen and oxygen atoms in total. The molecule has 1 fully saturated rings. The Bertz CT molecular complexity index is 825. The molecular formula is C23H32Cl2N4O2. The number of carbonyl (C=O) groups excluding carboxylic acids is 2. The minimum absolute atomic E-state index is 0. The lowest BCUT2D eigenvalue weighted by atomic mass is 10.1. The fraction of sp³-hybridized carbons (Fsp3) is 0.391. The van der Waals surface area contributed by atoms with Crippen LogP contribution in [0.5, 0.6) is 0 Å². The summed E-state index contributed by atoms with van der Waals surface area (Å²) in [5.74, 6) is -0.0720. The third-order valence-electron chi connectivity index (χ3n) is 5.29. The van der Waals surface area contributed by atoms with E-state index in [9.17, 15) is 9.59 Å². The van der Waals surface area contributed by atoms with Crippen molar-refractivity contribution in [2.24, 2.45) is 0 Å². The van der Waals surface area contributed by atoms with Crippen molar-refractivity contribution in [1.82, 2.24) is 15.5 Å². The van der Waals surface area contributed by atoms with Gasteiger partial charge in [0.1, 0.15) is 0 Å². The van der Waals surface area contributed by atoms with Crippen molar-refractivity contribution in [3.05, 3.63) is 65.2 Å². The Morgan fingerprint density at radius 1 is 0.935 bits per heavy atom. The van der Waals surface area contributed by atoms with Crippen LogP contribution < -0.4 is 16.4 Å². The summed E-state index contributed by atoms with van der Waals surface area (Å²) in [5, 5.41) is 5.89. The van der Waals surface area contributed by atoms with Gasteiger partial charge < -0.3 is 21.3 Å². The maximum atomic E-state index is 12.2. The van der Waals surface area contributed by atoms with E-state index in [2.05, 4.69) is 15.5 Å². The molecule has 0 aliphatic carbocycles. The lowest BCUT2D eigenvalue weighted by Gasteiger charge is -2.14. The van der Waals surface area contributed by atoms with E-state index in [1.807, 2.05) is 36.4 Å². The third kappa shape index (κ3) is 8.77. The van der Waals surface area contributed by atoms with Gasteiger partial charge in [0.15, 0.2) is 0 Å². The highest BCUT2D eigenvalue weighted by Crippen LogP contribution is 2.12. The second kappa shape index (κ2) is 13.9. The third-order valence-corrected chi connectivity index (χ3v) is 5.29. The molecule has 1 heterocycles. The van der Waals surface area contributed by atoms with Crippen molar-refractivity contribution >= 4 is 42.3 Å². The van der Waals surface area contributed by atoms with Crippen LogP contribution in [0.4, 0.5) is 5.69 Å². The van der Waals surface area contributed by atoms with E-state index in [0.717, 1.165) is 36.4 Å². The van der Waals surface area contributed by atoms with Crippen molar-refractivity contribution < 1.29 is 9.59 Å². The summed E-state index contributed by atoms with van der Waals surface area (Å²) in [6.45, 7) is 4.29. The van der Waals surface area contributed by atoms with E-state index >= 15 is 0 Å². The number of nitrogens with one attached hydrogen (secondary N) is 2. The average Bonchev–Trinajstić information content (AvgIpc) is 3.25. The predicted octanol–water partition coefficient (Wildman–Crippen LogP) is 3.19. The molecule has 31 heavy (non-hydrogen) atoms. The van der Waals surface area contributed by atoms with E-state index in [0.29, 0.717) is 31.5 Å². The summed E-state index contributed by atoms with van der Waals surface area (Å²) in [6, 6.07) is 15.0. The number of aryl methyl sites for hydroxylation is 1. The molecule has 2 amide bonds. The van der Waals surface area contributed by atoms with Gasteiger partial charge in [-0.15, -0.1) is 24.8 Å². The average molecular weight is 467 g/mol. The van der Waals surface area contributed by atoms with Gasteiger partial charge in [-0.25, -0.2) is 0 Å². The standard InChI is InChI=1S/C23H30N4O2.2ClH/c24-21-6-2-1-5-19(21)11-12-22(28)26-17-18-7-9-20(10-8-18)23(29)25-13-16-27-14-3-4-15-27;;/h1-2,5-10H,3-4,11-17,24H2,(H,25,29)(H,26,28);2*1H. The van der Waals surface area contributed by atoms with E-state index < -0.39 is 0 Å². The topological polar surface area (TPSA) is 87.5 Å². The van der Waals surface area contributed by atoms with E-state index in [-0.39, 0.29) is 36.6 Å². The summed E-state index contributed by atoms with van der Waals surface area (Å²) in [5.41, 5.74) is 9.22. The number of nitrogen functional groups attached to an aromatic ring is 1. The molecule has 2 aromatic carbocycles. The number of benzene rings is 2. The number of halogens is 2. The zero-order valence-electron chi connectivity index (χ0n) is 17.6. The highest BCUT2D eigenvalue weighted by Gasteiger charge is 2.12. The van der Waals surface area contributed by atoms with Crippen molar-refractivity contribution in [2.75, 3.05) is 31.9 Å². The molecule has 170 valence electrons. The molecule has 1 saturated heterocycles. The van der Waals surface area contributed by atoms with Gasteiger partial charge in [-0.2, -0.15) is 0 Å². The molecule has 0 aromatic heterocycles. The van der Waals surface area contributed by atoms with Crippen LogP contribution in [-0.4, -0.2) is 42.9 Å². The summed E-state index contributed by atoms with van der Waals surface area (Å²) in [4.78, 5) is 26.7. The Morgan fingerprint density at radius 3 is 2.29 bits per heavy atom. The molecule has 3 rings (SSSR count). The van der Waals surface area contributed by atoms with Crippen LogP contribution in [0.25, 0.3) is 0 Å². The molecule has 0 spiro atoms. The summed E-state index contributed by atoms with van der Waals surface area (Å²) >= 11 is 0. The van der Waals surface area contributed by atoms with Gasteiger partial charge >= 0.3 is 0 Å². The SMILES string of the molecule is Cl.Cl.Nc1ccccc1CCC(=O)NCc1ccc(C(=O)NCCN2CCCC2)cc1. The van der Waals surface area contributed by atoms with E-state index in [4.69, 9.17) is 5.73 Å². The van der Waals surface area contributed by atoms with Gasteiger partial charge in [-0.3, -0.25) is 9.59 Å². The molecule has 0 radical (unpaired) electrons. The van der Waals surface area contributed by atoms with Gasteiger partial charge in [-0.05, 0) is 61.7 Å². The molecule has 4 N–H and O–H groups in total. The zero-order chi connectivity index (χ0) is 20.5. The van der Waals surface area contributed by atoms with Crippen LogP contribution in [0.3, 0.4) is 0 Å². The van der Waals surface area contributed by atoms with Crippen molar-refractivity contribution in [3.63, 3.8) is 0 Å². The zero-order valence-corrected chi connectivity index (χ0v) is 19.3. The Balaban J connectivity index is 0.00000240. The lowest BCUT2D eigenvalue weighted by molar-refractivity contribution is -0.121. The normalized spacial score (nSPS) is 13.0. The second-order valence-corrected chi connectivity index (χ2v) is 7.48. The van der Waals surface area contributed by atoms with Crippen LogP contribution in [0.1, 0.15) is 40.7 Å². The molecule has 0 unspecified atom stereocenters. The smallest absolute Gasteiger partial charge is 0.251 e. The van der Waals surface area contributed by atoms with Crippen LogP contribution >= 0.6 is 24.8 Å². The van der Waals surface area contributed by atoms with Crippen LogP contribution in [0.15, 0.2) is 48.5 Å². The monoisotopic (exact) mass is 466 g/mol. The van der Waals surface area contributed by atoms with Gasteiger partial charge in [0.05, 0.1) is 0 Å². The fourth-order valence-corrected chi connectivity index (χ4v) is 3.51. The quantitative estimate of drug-likeness (QED) is 0.495. The first-order valence-corrected chi connectivity index (χ1v) is 10.3. The first kappa shape index (κ1) is 26.8. The number of likely N-dealkylation sites (tertiary alicyclic amines) is 1. The Kier molecular flexibility index (Phi) is 12.0. The maximum absolute atomic E-state index is 12.2. The number of amides is 2. The molecule has 8 heteroatoms. The Morgan fingerprint density at radius 2 is 1.61 bits per heavy atom. The molecule has 2 aromatic rings. The molecule has 1 aliphatic heterocycles. The number of para-hydroxylation sites is 1. The molecule has 1 aliphatic rings. The number of hydrogen-bond donors (Lipinski definition) is 3. The number of hydrogen-bond acceptors (Lipinski definition) is 4. The van der Waals surface area contributed by atoms with Crippen molar-refractivity contribution in [1.29, 1.82) is 0 Å². The predicted molar refractivity (Wildman–Crippen MR) is 130 cm³/mol. The van der Waals surface area contributed by atoms with Crippen molar-refractivity contribution in [2.45, 2.75) is 32.2 Å². The highest BCUT2D eigenvalue weighted by atomic mass is 35.5. The second-order valence-electron chi connectivity index (χ2n) is 7.48. The summed E-state index contributed by atoms with van der Waals surface area (Å²) < 4.78 is 0. The largest absolute Gasteiger partial charge is 0.399 e. The number of nitrogens with zero attached hydrogens (tertiary/aromatic N) is 1. The van der Waals surface area contributed by atoms with Crippen LogP contribution in [0.2, 0.25) is 0 Å². The molecule has 0 bridgehead atoms. The molecule has 0 atom stereocenters. The van der Waals surface area contributed by atoms with Crippen LogP contribution in [0, 0.1) is 0 Å². The minimum atomic E-state index is -0.0553. The lowest BCUT2D eigenvalue weighted by Crippen LogP contribution is -2.33. The number of rotatable bonds is 9. The van der Waals surface area contributed by atoms with E-state index in [1.165, 1.54) is 12.8 Å². The van der Waals surface area contributed by atoms with Gasteiger partial charge in [0.25, 0.3) is 5.91 Å². The van der Waals surface area contributed by atoms with Gasteiger partial charge in [0, 0.05) is 37.3 Å². The molecular weight excluding hydrogens is 435 g/mol. The first-order chi connectivity index (χ1) is 14.1. The van der Waals surface area contributed by atoms with Crippen molar-refractivity contribution in [3.8, 4) is 0 Å². The molecule has 0 saturated carbocycles. The van der Waals surface area contributed by atoms with Crippen LogP contribution in [-0.2, 0) is 17.8 Å². The maximum Gasteiger partial charge on any atom is 0.251 e. The number of carbonyl (C=O) groups is 2. The highest BCUT2D eigenvalue weighted by molar-refractivity contribution is 5.94. The number of nitrogens with two attached hydrogens (primary N) is 1. The summed E-state index contributed by atoms with van der Waals surface area (Å²) in [6.07, 6.45) is 3.53.